The van der Waals surface area contributed by atoms with Gasteiger partial charge in [0, 0.05) is 0 Å². The van der Waals surface area contributed by atoms with E-state index >= 15 is 0 Å². The second-order valence-corrected chi connectivity index (χ2v) is 7.51. The topological polar surface area (TPSA) is 82.8 Å². The molecule has 0 amide bonds. The fraction of sp³-hybridized carbons (Fsp3) is 0.333. The first-order valence-corrected chi connectivity index (χ1v) is 10.4. The average Bonchev–Trinajstić information content (AvgIpc) is 2.78. The molecule has 0 fully saturated rings. The van der Waals surface area contributed by atoms with Crippen LogP contribution in [-0.2, 0) is 0 Å². The van der Waals surface area contributed by atoms with Crippen molar-refractivity contribution in [1.29, 1.82) is 0 Å². The molecule has 0 aliphatic heterocycles. The highest BCUT2D eigenvalue weighted by atomic mass is 32.1. The molecule has 1 unspecified atom stereocenters. The molecule has 0 saturated carbocycles. The van der Waals surface area contributed by atoms with Gasteiger partial charge in [-0.2, -0.15) is 0 Å². The van der Waals surface area contributed by atoms with E-state index in [0.29, 0.717) is 39.1 Å². The number of anilines is 1. The first kappa shape index (κ1) is 24.4. The van der Waals surface area contributed by atoms with Crippen LogP contribution in [0.3, 0.4) is 0 Å². The standard InChI is InChI=1S/C24H30N2O4S/c1-6-7-19(25)24(31)26-20-13-16(8-10-22(20)30-5)12-15(2)23(27)18-14-17(28-3)9-11-21(18)29-4/h8-14,19H,6-7,25H2,1-5H3,(H,26,31). The molecule has 2 rings (SSSR count). The molecule has 0 spiro atoms. The van der Waals surface area contributed by atoms with Crippen molar-refractivity contribution in [3.8, 4) is 17.2 Å². The molecule has 0 saturated heterocycles. The number of allylic oxidation sites excluding steroid dienone is 1. The number of rotatable bonds is 10. The molecule has 0 radical (unpaired) electrons. The summed E-state index contributed by atoms with van der Waals surface area (Å²) in [6, 6.07) is 10.5. The van der Waals surface area contributed by atoms with Crippen molar-refractivity contribution >= 4 is 34.8 Å². The predicted octanol–water partition coefficient (Wildman–Crippen LogP) is 4.87. The van der Waals surface area contributed by atoms with E-state index in [0.717, 1.165) is 18.4 Å². The number of nitrogens with one attached hydrogen (secondary N) is 1. The van der Waals surface area contributed by atoms with E-state index in [9.17, 15) is 4.79 Å². The second kappa shape index (κ2) is 11.5. The molecule has 3 N–H and O–H groups in total. The number of hydrogen-bond donors (Lipinski definition) is 2. The number of ether oxygens (including phenoxy) is 3. The van der Waals surface area contributed by atoms with Crippen LogP contribution in [0.2, 0.25) is 0 Å². The van der Waals surface area contributed by atoms with E-state index in [2.05, 4.69) is 12.2 Å². The number of thiocarbonyl (C=S) groups is 1. The summed E-state index contributed by atoms with van der Waals surface area (Å²) < 4.78 is 16.0. The maximum atomic E-state index is 13.1. The molecule has 166 valence electrons. The molecule has 0 bridgehead atoms. The zero-order valence-electron chi connectivity index (χ0n) is 18.7. The Morgan fingerprint density at radius 1 is 1.10 bits per heavy atom. The largest absolute Gasteiger partial charge is 0.497 e. The van der Waals surface area contributed by atoms with E-state index in [1.54, 1.807) is 45.4 Å². The van der Waals surface area contributed by atoms with E-state index in [1.807, 2.05) is 18.2 Å². The molecule has 31 heavy (non-hydrogen) atoms. The van der Waals surface area contributed by atoms with Gasteiger partial charge in [-0.15, -0.1) is 0 Å². The molecule has 1 atom stereocenters. The summed E-state index contributed by atoms with van der Waals surface area (Å²) in [6.45, 7) is 3.83. The van der Waals surface area contributed by atoms with Gasteiger partial charge in [0.05, 0.1) is 43.6 Å². The molecule has 0 heterocycles. The number of nitrogens with two attached hydrogens (primary N) is 1. The fourth-order valence-electron chi connectivity index (χ4n) is 3.10. The van der Waals surface area contributed by atoms with Crippen molar-refractivity contribution in [2.24, 2.45) is 5.73 Å². The van der Waals surface area contributed by atoms with Crippen LogP contribution in [0, 0.1) is 0 Å². The number of Topliss-reactive ketones (excluding diaryl/α,β-unsaturated/α-hetero) is 1. The van der Waals surface area contributed by atoms with Crippen molar-refractivity contribution in [2.75, 3.05) is 26.6 Å². The number of carbonyl (C=O) groups excluding carboxylic acids is 1. The number of methoxy groups -OCH3 is 3. The smallest absolute Gasteiger partial charge is 0.192 e. The Bertz CT molecular complexity index is 972. The highest BCUT2D eigenvalue weighted by Gasteiger charge is 2.16. The van der Waals surface area contributed by atoms with E-state index < -0.39 is 0 Å². The molecule has 2 aromatic rings. The third-order valence-corrected chi connectivity index (χ3v) is 5.22. The zero-order valence-corrected chi connectivity index (χ0v) is 19.5. The van der Waals surface area contributed by atoms with Gasteiger partial charge in [0.1, 0.15) is 17.2 Å². The molecule has 0 aliphatic carbocycles. The van der Waals surface area contributed by atoms with Crippen LogP contribution in [0.5, 0.6) is 17.2 Å². The van der Waals surface area contributed by atoms with Gasteiger partial charge >= 0.3 is 0 Å². The summed E-state index contributed by atoms with van der Waals surface area (Å²) in [5, 5.41) is 3.18. The number of hydrogen-bond acceptors (Lipinski definition) is 6. The number of carbonyl (C=O) groups is 1. The average molecular weight is 443 g/mol. The lowest BCUT2D eigenvalue weighted by Gasteiger charge is -2.17. The molecule has 7 heteroatoms. The van der Waals surface area contributed by atoms with Crippen molar-refractivity contribution < 1.29 is 19.0 Å². The highest BCUT2D eigenvalue weighted by Crippen LogP contribution is 2.29. The Kier molecular flexibility index (Phi) is 9.03. The minimum Gasteiger partial charge on any atom is -0.497 e. The second-order valence-electron chi connectivity index (χ2n) is 7.07. The van der Waals surface area contributed by atoms with Crippen LogP contribution >= 0.6 is 12.2 Å². The maximum Gasteiger partial charge on any atom is 0.192 e. The molecule has 6 nitrogen and oxygen atoms in total. The normalized spacial score (nSPS) is 12.1. The third kappa shape index (κ3) is 6.29. The van der Waals surface area contributed by atoms with Gasteiger partial charge < -0.3 is 25.3 Å². The van der Waals surface area contributed by atoms with Gasteiger partial charge in [0.15, 0.2) is 5.78 Å². The van der Waals surface area contributed by atoms with Crippen LogP contribution in [-0.4, -0.2) is 38.1 Å². The van der Waals surface area contributed by atoms with Crippen molar-refractivity contribution in [2.45, 2.75) is 32.7 Å². The Hall–Kier alpha value is -2.90. The first-order valence-electron chi connectivity index (χ1n) is 10.0. The lowest BCUT2D eigenvalue weighted by atomic mass is 10.0. The van der Waals surface area contributed by atoms with Crippen LogP contribution < -0.4 is 25.3 Å². The highest BCUT2D eigenvalue weighted by molar-refractivity contribution is 7.80. The summed E-state index contributed by atoms with van der Waals surface area (Å²) in [4.78, 5) is 13.6. The van der Waals surface area contributed by atoms with Crippen LogP contribution in [0.4, 0.5) is 5.69 Å². The predicted molar refractivity (Wildman–Crippen MR) is 130 cm³/mol. The summed E-state index contributed by atoms with van der Waals surface area (Å²) in [6.07, 6.45) is 3.54. The van der Waals surface area contributed by atoms with E-state index in [1.165, 1.54) is 7.11 Å². The van der Waals surface area contributed by atoms with Crippen molar-refractivity contribution in [3.63, 3.8) is 0 Å². The summed E-state index contributed by atoms with van der Waals surface area (Å²) in [5.41, 5.74) is 8.63. The summed E-state index contributed by atoms with van der Waals surface area (Å²) in [5.74, 6) is 1.57. The molecular formula is C24H30N2O4S. The number of ketones is 1. The van der Waals surface area contributed by atoms with E-state index in [-0.39, 0.29) is 11.8 Å². The minimum absolute atomic E-state index is 0.151. The Labute approximate surface area is 189 Å². The minimum atomic E-state index is -0.229. The van der Waals surface area contributed by atoms with Crippen molar-refractivity contribution in [1.82, 2.24) is 0 Å². The Morgan fingerprint density at radius 3 is 2.39 bits per heavy atom. The Morgan fingerprint density at radius 2 is 1.77 bits per heavy atom. The lowest BCUT2D eigenvalue weighted by Crippen LogP contribution is -2.34. The third-order valence-electron chi connectivity index (χ3n) is 4.81. The van der Waals surface area contributed by atoms with E-state index in [4.69, 9.17) is 32.2 Å². The van der Waals surface area contributed by atoms with Gasteiger partial charge in [-0.3, -0.25) is 4.79 Å². The molecule has 0 aliphatic rings. The molecule has 0 aromatic heterocycles. The van der Waals surface area contributed by atoms with Crippen LogP contribution in [0.25, 0.3) is 6.08 Å². The number of benzene rings is 2. The van der Waals surface area contributed by atoms with Gasteiger partial charge in [0.2, 0.25) is 0 Å². The van der Waals surface area contributed by atoms with Crippen LogP contribution in [0.1, 0.15) is 42.6 Å². The van der Waals surface area contributed by atoms with Crippen molar-refractivity contribution in [3.05, 3.63) is 53.1 Å². The molecular weight excluding hydrogens is 412 g/mol. The summed E-state index contributed by atoms with van der Waals surface area (Å²) in [7, 11) is 4.68. The summed E-state index contributed by atoms with van der Waals surface area (Å²) >= 11 is 5.43. The molecule has 2 aromatic carbocycles. The Balaban J connectivity index is 2.34. The van der Waals surface area contributed by atoms with Gasteiger partial charge in [-0.25, -0.2) is 0 Å². The van der Waals surface area contributed by atoms with Crippen LogP contribution in [0.15, 0.2) is 42.0 Å². The SMILES string of the molecule is CCCC(N)C(=S)Nc1cc(C=C(C)C(=O)c2cc(OC)ccc2OC)ccc1OC. The maximum absolute atomic E-state index is 13.1. The lowest BCUT2D eigenvalue weighted by molar-refractivity contribution is 0.103. The zero-order chi connectivity index (χ0) is 23.0. The van der Waals surface area contributed by atoms with Gasteiger partial charge in [-0.1, -0.05) is 31.6 Å². The quantitative estimate of drug-likeness (QED) is 0.309. The monoisotopic (exact) mass is 442 g/mol. The van der Waals surface area contributed by atoms with Gasteiger partial charge in [-0.05, 0) is 60.9 Å². The first-order chi connectivity index (χ1) is 14.8. The fourth-order valence-corrected chi connectivity index (χ4v) is 3.33. The van der Waals surface area contributed by atoms with Gasteiger partial charge in [0.25, 0.3) is 0 Å².